The fraction of sp³-hybridized carbons (Fsp3) is 0.316. The average molecular weight is 293 g/mol. The van der Waals surface area contributed by atoms with Crippen LogP contribution in [0.5, 0.6) is 0 Å². The molecule has 114 valence electrons. The standard InChI is InChI=1S/C19H23N3/c1-5-20-18(21-19(2,3)4)22-16-12-8-6-10-14(16)15-11-7-9-13-17(15)22/h6-13H,5H2,1-4H3,(H,20,21). The van der Waals surface area contributed by atoms with E-state index in [0.717, 1.165) is 12.5 Å². The largest absolute Gasteiger partial charge is 0.356 e. The van der Waals surface area contributed by atoms with E-state index in [1.54, 1.807) is 0 Å². The summed E-state index contributed by atoms with van der Waals surface area (Å²) in [4.78, 5) is 4.91. The Morgan fingerprint density at radius 3 is 1.91 bits per heavy atom. The molecule has 0 unspecified atom stereocenters. The molecule has 3 rings (SSSR count). The van der Waals surface area contributed by atoms with Crippen LogP contribution < -0.4 is 5.32 Å². The third kappa shape index (κ3) is 2.59. The molecule has 0 bridgehead atoms. The van der Waals surface area contributed by atoms with E-state index < -0.39 is 0 Å². The maximum atomic E-state index is 4.91. The van der Waals surface area contributed by atoms with Crippen LogP contribution in [0.2, 0.25) is 0 Å². The van der Waals surface area contributed by atoms with E-state index >= 15 is 0 Å². The summed E-state index contributed by atoms with van der Waals surface area (Å²) in [5, 5.41) is 5.96. The average Bonchev–Trinajstić information content (AvgIpc) is 2.80. The van der Waals surface area contributed by atoms with Crippen LogP contribution in [0, 0.1) is 0 Å². The van der Waals surface area contributed by atoms with Gasteiger partial charge in [0.05, 0.1) is 16.6 Å². The first-order valence-electron chi connectivity index (χ1n) is 7.83. The van der Waals surface area contributed by atoms with Crippen molar-refractivity contribution in [1.29, 1.82) is 0 Å². The van der Waals surface area contributed by atoms with Gasteiger partial charge in [-0.15, -0.1) is 0 Å². The van der Waals surface area contributed by atoms with Crippen LogP contribution in [-0.2, 0) is 0 Å². The number of fused-ring (bicyclic) bond motifs is 3. The number of aromatic nitrogens is 1. The van der Waals surface area contributed by atoms with Crippen LogP contribution in [0.25, 0.3) is 21.8 Å². The molecule has 0 amide bonds. The van der Waals surface area contributed by atoms with Crippen LogP contribution >= 0.6 is 0 Å². The van der Waals surface area contributed by atoms with E-state index in [9.17, 15) is 0 Å². The van der Waals surface area contributed by atoms with E-state index in [4.69, 9.17) is 4.99 Å². The lowest BCUT2D eigenvalue weighted by Crippen LogP contribution is -2.33. The first kappa shape index (κ1) is 14.6. The number of rotatable bonds is 1. The van der Waals surface area contributed by atoms with Gasteiger partial charge in [0.2, 0.25) is 5.96 Å². The Balaban J connectivity index is 2.38. The normalized spacial score (nSPS) is 13.0. The Bertz CT molecular complexity index is 781. The van der Waals surface area contributed by atoms with Gasteiger partial charge in [0.25, 0.3) is 0 Å². The summed E-state index contributed by atoms with van der Waals surface area (Å²) in [6.07, 6.45) is 0. The molecule has 0 saturated carbocycles. The molecule has 1 aromatic heterocycles. The Morgan fingerprint density at radius 2 is 1.45 bits per heavy atom. The van der Waals surface area contributed by atoms with E-state index in [2.05, 4.69) is 86.1 Å². The van der Waals surface area contributed by atoms with Gasteiger partial charge < -0.3 is 5.32 Å². The highest BCUT2D eigenvalue weighted by Gasteiger charge is 2.16. The van der Waals surface area contributed by atoms with Crippen molar-refractivity contribution < 1.29 is 0 Å². The Labute approximate surface area is 131 Å². The monoisotopic (exact) mass is 293 g/mol. The van der Waals surface area contributed by atoms with Gasteiger partial charge in [-0.3, -0.25) is 4.57 Å². The van der Waals surface area contributed by atoms with E-state index in [1.807, 2.05) is 0 Å². The lowest BCUT2D eigenvalue weighted by molar-refractivity contribution is 0.576. The van der Waals surface area contributed by atoms with Crippen LogP contribution in [-0.4, -0.2) is 22.6 Å². The van der Waals surface area contributed by atoms with Crippen molar-refractivity contribution in [2.24, 2.45) is 4.99 Å². The van der Waals surface area contributed by atoms with E-state index in [0.29, 0.717) is 0 Å². The fourth-order valence-electron chi connectivity index (χ4n) is 2.80. The molecule has 0 aliphatic heterocycles. The maximum Gasteiger partial charge on any atom is 0.203 e. The molecule has 0 aliphatic rings. The Kier molecular flexibility index (Phi) is 3.65. The summed E-state index contributed by atoms with van der Waals surface area (Å²) in [6, 6.07) is 17.0. The summed E-state index contributed by atoms with van der Waals surface area (Å²) in [7, 11) is 0. The number of hydrogen-bond acceptors (Lipinski definition) is 1. The second kappa shape index (κ2) is 5.48. The van der Waals surface area contributed by atoms with Crippen LogP contribution in [0.15, 0.2) is 53.5 Å². The van der Waals surface area contributed by atoms with Crippen LogP contribution in [0.3, 0.4) is 0 Å². The van der Waals surface area contributed by atoms with Crippen LogP contribution in [0.4, 0.5) is 0 Å². The van der Waals surface area contributed by atoms with Crippen molar-refractivity contribution in [3.8, 4) is 0 Å². The molecule has 3 heteroatoms. The first-order chi connectivity index (χ1) is 10.5. The summed E-state index contributed by atoms with van der Waals surface area (Å²) >= 11 is 0. The minimum Gasteiger partial charge on any atom is -0.356 e. The maximum absolute atomic E-state index is 4.91. The predicted molar refractivity (Wildman–Crippen MR) is 95.7 cm³/mol. The predicted octanol–water partition coefficient (Wildman–Crippen LogP) is 4.41. The number of nitrogens with one attached hydrogen (secondary N) is 1. The highest BCUT2D eigenvalue weighted by atomic mass is 15.2. The molecule has 0 radical (unpaired) electrons. The summed E-state index contributed by atoms with van der Waals surface area (Å²) in [6.45, 7) is 9.32. The van der Waals surface area contributed by atoms with E-state index in [-0.39, 0.29) is 5.54 Å². The third-order valence-corrected chi connectivity index (χ3v) is 3.57. The molecule has 0 atom stereocenters. The highest BCUT2D eigenvalue weighted by Crippen LogP contribution is 2.28. The zero-order chi connectivity index (χ0) is 15.7. The minimum absolute atomic E-state index is 0.135. The lowest BCUT2D eigenvalue weighted by atomic mass is 10.1. The molecular formula is C19H23N3. The molecule has 0 saturated heterocycles. The van der Waals surface area contributed by atoms with Gasteiger partial charge in [0.15, 0.2) is 0 Å². The van der Waals surface area contributed by atoms with Gasteiger partial charge in [-0.05, 0) is 39.8 Å². The second-order valence-electron chi connectivity index (χ2n) is 6.51. The molecule has 3 aromatic rings. The number of nitrogens with zero attached hydrogens (tertiary/aromatic N) is 2. The molecule has 0 spiro atoms. The second-order valence-corrected chi connectivity index (χ2v) is 6.51. The van der Waals surface area contributed by atoms with Crippen molar-refractivity contribution in [3.63, 3.8) is 0 Å². The summed E-state index contributed by atoms with van der Waals surface area (Å²) < 4.78 is 2.24. The van der Waals surface area contributed by atoms with Crippen molar-refractivity contribution in [2.45, 2.75) is 33.2 Å². The minimum atomic E-state index is -0.135. The quantitative estimate of drug-likeness (QED) is 0.523. The Morgan fingerprint density at radius 1 is 0.955 bits per heavy atom. The molecule has 2 aromatic carbocycles. The number of aliphatic imine (C=N–C) groups is 1. The molecule has 1 heterocycles. The molecular weight excluding hydrogens is 270 g/mol. The first-order valence-corrected chi connectivity index (χ1v) is 7.83. The van der Waals surface area contributed by atoms with Gasteiger partial charge in [-0.2, -0.15) is 0 Å². The van der Waals surface area contributed by atoms with Crippen molar-refractivity contribution in [3.05, 3.63) is 48.5 Å². The zero-order valence-electron chi connectivity index (χ0n) is 13.7. The summed E-state index contributed by atoms with van der Waals surface area (Å²) in [5.74, 6) is 0.910. The van der Waals surface area contributed by atoms with Crippen molar-refractivity contribution in [2.75, 3.05) is 6.54 Å². The molecule has 22 heavy (non-hydrogen) atoms. The van der Waals surface area contributed by atoms with Crippen molar-refractivity contribution >= 4 is 27.8 Å². The molecule has 0 aliphatic carbocycles. The van der Waals surface area contributed by atoms with Crippen molar-refractivity contribution in [1.82, 2.24) is 9.88 Å². The van der Waals surface area contributed by atoms with E-state index in [1.165, 1.54) is 21.8 Å². The molecule has 1 N–H and O–H groups in total. The van der Waals surface area contributed by atoms with Gasteiger partial charge in [-0.1, -0.05) is 36.4 Å². The highest BCUT2D eigenvalue weighted by molar-refractivity contribution is 6.13. The SMILES string of the molecule is CCN/C(=N/C(C)(C)C)n1c2ccccc2c2ccccc21. The molecule has 3 nitrogen and oxygen atoms in total. The number of hydrogen-bond donors (Lipinski definition) is 1. The Hall–Kier alpha value is -2.29. The molecule has 0 fully saturated rings. The smallest absolute Gasteiger partial charge is 0.203 e. The number of para-hydroxylation sites is 2. The lowest BCUT2D eigenvalue weighted by Gasteiger charge is -2.19. The van der Waals surface area contributed by atoms with Gasteiger partial charge in [0, 0.05) is 17.3 Å². The fourth-order valence-corrected chi connectivity index (χ4v) is 2.80. The number of benzene rings is 2. The third-order valence-electron chi connectivity index (χ3n) is 3.57. The van der Waals surface area contributed by atoms with Gasteiger partial charge in [-0.25, -0.2) is 4.99 Å². The zero-order valence-corrected chi connectivity index (χ0v) is 13.7. The van der Waals surface area contributed by atoms with Crippen LogP contribution in [0.1, 0.15) is 27.7 Å². The topological polar surface area (TPSA) is 29.3 Å². The summed E-state index contributed by atoms with van der Waals surface area (Å²) in [5.41, 5.74) is 2.24. The van der Waals surface area contributed by atoms with Gasteiger partial charge in [0.1, 0.15) is 0 Å². The van der Waals surface area contributed by atoms with Gasteiger partial charge >= 0.3 is 0 Å².